The minimum Gasteiger partial charge on any atom is -0.305 e. The molecule has 1 atom stereocenters. The van der Waals surface area contributed by atoms with E-state index < -0.39 is 28.5 Å². The van der Waals surface area contributed by atoms with Crippen molar-refractivity contribution in [2.45, 2.75) is 31.7 Å². The molecule has 0 aromatic heterocycles. The fourth-order valence-electron chi connectivity index (χ4n) is 2.44. The molecule has 1 heterocycles. The van der Waals surface area contributed by atoms with Gasteiger partial charge in [0.2, 0.25) is 0 Å². The summed E-state index contributed by atoms with van der Waals surface area (Å²) in [7, 11) is 0. The molecule has 0 saturated carbocycles. The van der Waals surface area contributed by atoms with Gasteiger partial charge in [-0.1, -0.05) is 6.92 Å². The summed E-state index contributed by atoms with van der Waals surface area (Å²) in [5.74, 6) is -2.11. The Hall–Kier alpha value is -0.810. The summed E-state index contributed by atoms with van der Waals surface area (Å²) >= 11 is 2.98. The van der Waals surface area contributed by atoms with E-state index in [1.165, 1.54) is 6.07 Å². The van der Waals surface area contributed by atoms with Crippen LogP contribution < -0.4 is 5.32 Å². The molecular weight excluding hydrogens is 304 g/mol. The van der Waals surface area contributed by atoms with Gasteiger partial charge in [-0.15, -0.1) is 0 Å². The highest BCUT2D eigenvalue weighted by molar-refractivity contribution is 9.10. The zero-order chi connectivity index (χ0) is 13.3. The summed E-state index contributed by atoms with van der Waals surface area (Å²) in [6, 6.07) is 2.38. The van der Waals surface area contributed by atoms with Crippen molar-refractivity contribution in [1.82, 2.24) is 5.32 Å². The Balaban J connectivity index is 2.49. The maximum Gasteiger partial charge on any atom is 0.188 e. The van der Waals surface area contributed by atoms with Gasteiger partial charge in [0.05, 0.1) is 15.6 Å². The number of Topliss-reactive ketones (excluding diaryl/α,β-unsaturated/α-hetero) is 1. The molecule has 1 saturated heterocycles. The van der Waals surface area contributed by atoms with Crippen LogP contribution in [0.4, 0.5) is 8.78 Å². The Morgan fingerprint density at radius 3 is 2.78 bits per heavy atom. The average Bonchev–Trinajstić information content (AvgIpc) is 2.84. The third kappa shape index (κ3) is 2.10. The van der Waals surface area contributed by atoms with Gasteiger partial charge in [0, 0.05) is 0 Å². The van der Waals surface area contributed by atoms with Crippen molar-refractivity contribution >= 4 is 21.7 Å². The smallest absolute Gasteiger partial charge is 0.188 e. The van der Waals surface area contributed by atoms with Crippen LogP contribution in [0.5, 0.6) is 0 Å². The molecule has 1 aromatic carbocycles. The fraction of sp³-hybridized carbons (Fsp3) is 0.462. The van der Waals surface area contributed by atoms with Crippen LogP contribution in [0.25, 0.3) is 0 Å². The number of benzene rings is 1. The van der Waals surface area contributed by atoms with Crippen LogP contribution in [0.2, 0.25) is 0 Å². The standard InChI is InChI=1S/C13H14BrF2NO/c1-2-13(6-3-7-17-13)12(18)10-9(15)5-4-8(14)11(10)16/h4-5,17H,2-3,6-7H2,1H3. The van der Waals surface area contributed by atoms with E-state index in [9.17, 15) is 13.6 Å². The van der Waals surface area contributed by atoms with Crippen LogP contribution in [0.3, 0.4) is 0 Å². The molecule has 1 aliphatic heterocycles. The predicted octanol–water partition coefficient (Wildman–Crippen LogP) is 3.44. The van der Waals surface area contributed by atoms with E-state index in [1.807, 2.05) is 6.92 Å². The number of nitrogens with one attached hydrogen (secondary N) is 1. The largest absolute Gasteiger partial charge is 0.305 e. The van der Waals surface area contributed by atoms with Crippen LogP contribution >= 0.6 is 15.9 Å². The highest BCUT2D eigenvalue weighted by Crippen LogP contribution is 2.31. The molecule has 0 bridgehead atoms. The van der Waals surface area contributed by atoms with E-state index in [1.54, 1.807) is 0 Å². The molecule has 18 heavy (non-hydrogen) atoms. The molecule has 1 aromatic rings. The summed E-state index contributed by atoms with van der Waals surface area (Å²) < 4.78 is 27.8. The molecule has 98 valence electrons. The molecule has 1 N–H and O–H groups in total. The van der Waals surface area contributed by atoms with Crippen LogP contribution in [0.1, 0.15) is 36.5 Å². The number of halogens is 3. The van der Waals surface area contributed by atoms with Gasteiger partial charge in [-0.25, -0.2) is 8.78 Å². The topological polar surface area (TPSA) is 29.1 Å². The van der Waals surface area contributed by atoms with Crippen molar-refractivity contribution in [3.05, 3.63) is 33.8 Å². The Morgan fingerprint density at radius 1 is 1.50 bits per heavy atom. The molecule has 2 nitrogen and oxygen atoms in total. The van der Waals surface area contributed by atoms with Gasteiger partial charge in [-0.05, 0) is 53.9 Å². The molecule has 1 fully saturated rings. The van der Waals surface area contributed by atoms with Crippen LogP contribution in [0.15, 0.2) is 16.6 Å². The van der Waals surface area contributed by atoms with Gasteiger partial charge in [0.15, 0.2) is 11.6 Å². The Kier molecular flexibility index (Phi) is 3.82. The number of hydrogen-bond acceptors (Lipinski definition) is 2. The SMILES string of the molecule is CCC1(C(=O)c2c(F)ccc(Br)c2F)CCCN1. The molecule has 0 spiro atoms. The zero-order valence-corrected chi connectivity index (χ0v) is 11.6. The van der Waals surface area contributed by atoms with Crippen molar-refractivity contribution < 1.29 is 13.6 Å². The monoisotopic (exact) mass is 317 g/mol. The predicted molar refractivity (Wildman–Crippen MR) is 68.6 cm³/mol. The lowest BCUT2D eigenvalue weighted by Gasteiger charge is -2.26. The van der Waals surface area contributed by atoms with Crippen LogP contribution in [-0.2, 0) is 0 Å². The molecular formula is C13H14BrF2NO. The number of hydrogen-bond donors (Lipinski definition) is 1. The first-order valence-corrected chi connectivity index (χ1v) is 6.74. The molecule has 1 unspecified atom stereocenters. The molecule has 0 radical (unpaired) electrons. The van der Waals surface area contributed by atoms with Crippen molar-refractivity contribution in [3.8, 4) is 0 Å². The van der Waals surface area contributed by atoms with E-state index in [0.29, 0.717) is 19.4 Å². The lowest BCUT2D eigenvalue weighted by atomic mass is 9.85. The Labute approximate surface area is 113 Å². The van der Waals surface area contributed by atoms with E-state index in [2.05, 4.69) is 21.2 Å². The normalized spacial score (nSPS) is 23.3. The minimum atomic E-state index is -0.818. The second kappa shape index (κ2) is 5.05. The van der Waals surface area contributed by atoms with Gasteiger partial charge >= 0.3 is 0 Å². The van der Waals surface area contributed by atoms with Crippen LogP contribution in [-0.4, -0.2) is 17.9 Å². The third-order valence-electron chi connectivity index (χ3n) is 3.55. The van der Waals surface area contributed by atoms with Crippen LogP contribution in [0, 0.1) is 11.6 Å². The van der Waals surface area contributed by atoms with E-state index in [4.69, 9.17) is 0 Å². The first-order chi connectivity index (χ1) is 8.52. The van der Waals surface area contributed by atoms with Gasteiger partial charge in [0.25, 0.3) is 0 Å². The number of carbonyl (C=O) groups excluding carboxylic acids is 1. The number of carbonyl (C=O) groups is 1. The lowest BCUT2D eigenvalue weighted by Crippen LogP contribution is -2.47. The molecule has 1 aliphatic rings. The summed E-state index contributed by atoms with van der Waals surface area (Å²) in [5, 5.41) is 3.09. The quantitative estimate of drug-likeness (QED) is 0.683. The van der Waals surface area contributed by atoms with Crippen molar-refractivity contribution in [3.63, 3.8) is 0 Å². The highest BCUT2D eigenvalue weighted by atomic mass is 79.9. The van der Waals surface area contributed by atoms with E-state index >= 15 is 0 Å². The number of ketones is 1. The average molecular weight is 318 g/mol. The number of rotatable bonds is 3. The summed E-state index contributed by atoms with van der Waals surface area (Å²) in [5.41, 5.74) is -1.26. The Morgan fingerprint density at radius 2 is 2.22 bits per heavy atom. The second-order valence-corrected chi connectivity index (χ2v) is 5.37. The summed E-state index contributed by atoms with van der Waals surface area (Å²) in [6.07, 6.45) is 1.99. The third-order valence-corrected chi connectivity index (χ3v) is 4.17. The highest BCUT2D eigenvalue weighted by Gasteiger charge is 2.41. The second-order valence-electron chi connectivity index (χ2n) is 4.51. The van der Waals surface area contributed by atoms with E-state index in [-0.39, 0.29) is 4.47 Å². The lowest BCUT2D eigenvalue weighted by molar-refractivity contribution is 0.0854. The van der Waals surface area contributed by atoms with Crippen molar-refractivity contribution in [1.29, 1.82) is 0 Å². The van der Waals surface area contributed by atoms with Gasteiger partial charge in [0.1, 0.15) is 5.82 Å². The van der Waals surface area contributed by atoms with Crippen molar-refractivity contribution in [2.24, 2.45) is 0 Å². The zero-order valence-electron chi connectivity index (χ0n) is 10.0. The van der Waals surface area contributed by atoms with E-state index in [0.717, 1.165) is 12.5 Å². The maximum absolute atomic E-state index is 13.9. The minimum absolute atomic E-state index is 0.108. The molecule has 0 aliphatic carbocycles. The maximum atomic E-state index is 13.9. The fourth-order valence-corrected chi connectivity index (χ4v) is 2.77. The van der Waals surface area contributed by atoms with Gasteiger partial charge in [-0.3, -0.25) is 4.79 Å². The Bertz CT molecular complexity index is 484. The van der Waals surface area contributed by atoms with Gasteiger partial charge in [-0.2, -0.15) is 0 Å². The van der Waals surface area contributed by atoms with Crippen molar-refractivity contribution in [2.75, 3.05) is 6.54 Å². The summed E-state index contributed by atoms with van der Waals surface area (Å²) in [6.45, 7) is 2.56. The molecule has 0 amide bonds. The van der Waals surface area contributed by atoms with Gasteiger partial charge < -0.3 is 5.32 Å². The summed E-state index contributed by atoms with van der Waals surface area (Å²) in [4.78, 5) is 12.4. The first-order valence-electron chi connectivity index (χ1n) is 5.95. The first kappa shape index (κ1) is 13.6. The molecule has 5 heteroatoms. The molecule has 2 rings (SSSR count).